The molecular weight excluding hydrogens is 559 g/mol. The van der Waals surface area contributed by atoms with Crippen LogP contribution in [-0.2, 0) is 30.3 Å². The zero-order chi connectivity index (χ0) is 31.5. The van der Waals surface area contributed by atoms with E-state index in [0.717, 1.165) is 32.6 Å². The molecule has 42 heavy (non-hydrogen) atoms. The predicted octanol–water partition coefficient (Wildman–Crippen LogP) is 2.20. The van der Waals surface area contributed by atoms with Gasteiger partial charge in [0, 0.05) is 12.3 Å². The number of carbonyl (C=O) groups is 4. The van der Waals surface area contributed by atoms with Gasteiger partial charge in [0.05, 0.1) is 25.7 Å². The third kappa shape index (κ3) is 7.80. The Hall–Kier alpha value is -3.19. The van der Waals surface area contributed by atoms with Crippen LogP contribution >= 0.6 is 0 Å². The Morgan fingerprint density at radius 2 is 1.64 bits per heavy atom. The van der Waals surface area contributed by atoms with Gasteiger partial charge in [-0.1, -0.05) is 44.7 Å². The van der Waals surface area contributed by atoms with Crippen LogP contribution in [0.2, 0.25) is 0 Å². The highest BCUT2D eigenvalue weighted by Gasteiger charge is 2.59. The molecule has 1 aromatic rings. The van der Waals surface area contributed by atoms with Gasteiger partial charge in [-0.3, -0.25) is 19.2 Å². The van der Waals surface area contributed by atoms with Gasteiger partial charge >= 0.3 is 6.18 Å². The average molecular weight is 600 g/mol. The fraction of sp³-hybridized carbons (Fsp3) is 0.655. The first kappa shape index (κ1) is 33.3. The molecule has 0 bridgehead atoms. The number of hydrogen-bond donors (Lipinski definition) is 4. The van der Waals surface area contributed by atoms with Crippen LogP contribution in [0.5, 0.6) is 5.75 Å². The molecule has 1 aliphatic carbocycles. The van der Waals surface area contributed by atoms with Crippen molar-refractivity contribution in [2.24, 2.45) is 23.5 Å². The molecule has 2 fully saturated rings. The third-order valence-corrected chi connectivity index (χ3v) is 8.41. The number of primary amides is 1. The summed E-state index contributed by atoms with van der Waals surface area (Å²) in [4.78, 5) is 52.2. The molecule has 1 aromatic carbocycles. The molecule has 1 saturated heterocycles. The van der Waals surface area contributed by atoms with Crippen LogP contribution in [0.1, 0.15) is 58.4 Å². The van der Waals surface area contributed by atoms with Crippen LogP contribution in [0.4, 0.5) is 13.2 Å². The number of nitrogens with two attached hydrogens (primary N) is 1. The van der Waals surface area contributed by atoms with Gasteiger partial charge < -0.3 is 30.9 Å². The van der Waals surface area contributed by atoms with Crippen molar-refractivity contribution in [3.8, 4) is 5.75 Å². The molecule has 234 valence electrons. The molecule has 1 saturated carbocycles. The van der Waals surface area contributed by atoms with E-state index in [0.29, 0.717) is 24.7 Å². The van der Waals surface area contributed by atoms with Crippen molar-refractivity contribution in [3.05, 3.63) is 29.8 Å². The normalized spacial score (nSPS) is 23.1. The van der Waals surface area contributed by atoms with E-state index in [4.69, 9.17) is 15.2 Å². The SMILES string of the molecule is COc1ccc(C[C@H](NC(=O)[C@H](C)C(C(N)=O)C(C)(O)C(F)(F)F)C(=O)N[C@@H](CC2CCCC2)C(=O)[C@@]2(C)CO2)cc1. The lowest BCUT2D eigenvalue weighted by atomic mass is 9.78. The highest BCUT2D eigenvalue weighted by Crippen LogP contribution is 2.39. The first-order chi connectivity index (χ1) is 19.5. The topological polar surface area (TPSA) is 160 Å². The molecule has 13 heteroatoms. The summed E-state index contributed by atoms with van der Waals surface area (Å²) < 4.78 is 51.2. The highest BCUT2D eigenvalue weighted by atomic mass is 19.4. The standard InChI is InChI=1S/C29H40F3N3O7/c1-16(22(24(33)37)28(3,40)29(30,31)32)25(38)35-21(14-18-9-11-19(41-4)12-10-18)26(39)34-20(13-17-7-5-6-8-17)23(36)27(2)15-42-27/h9-12,16-17,20-22,40H,5-8,13-15H2,1-4H3,(H2,33,37)(H,34,39)(H,35,38)/t16-,20+,21+,22?,27-,28?/m1/s1. The zero-order valence-electron chi connectivity index (χ0n) is 24.3. The van der Waals surface area contributed by atoms with Gasteiger partial charge in [0.25, 0.3) is 0 Å². The molecular formula is C29H40F3N3O7. The fourth-order valence-corrected chi connectivity index (χ4v) is 5.55. The molecule has 3 amide bonds. The van der Waals surface area contributed by atoms with Crippen molar-refractivity contribution in [1.29, 1.82) is 0 Å². The van der Waals surface area contributed by atoms with E-state index >= 15 is 0 Å². The fourth-order valence-electron chi connectivity index (χ4n) is 5.55. The molecule has 2 aliphatic rings. The summed E-state index contributed by atoms with van der Waals surface area (Å²) in [6.45, 7) is 3.25. The molecule has 10 nitrogen and oxygen atoms in total. The monoisotopic (exact) mass is 599 g/mol. The van der Waals surface area contributed by atoms with Gasteiger partial charge in [0.15, 0.2) is 11.4 Å². The van der Waals surface area contributed by atoms with E-state index in [1.54, 1.807) is 31.2 Å². The zero-order valence-corrected chi connectivity index (χ0v) is 24.3. The Morgan fingerprint density at radius 3 is 2.12 bits per heavy atom. The number of rotatable bonds is 14. The number of ketones is 1. The first-order valence-electron chi connectivity index (χ1n) is 14.0. The van der Waals surface area contributed by atoms with Gasteiger partial charge in [-0.05, 0) is 43.9 Å². The van der Waals surface area contributed by atoms with Crippen molar-refractivity contribution < 1.29 is 46.9 Å². The number of methoxy groups -OCH3 is 1. The van der Waals surface area contributed by atoms with Gasteiger partial charge in [-0.15, -0.1) is 0 Å². The molecule has 0 radical (unpaired) electrons. The number of ether oxygens (including phenoxy) is 2. The summed E-state index contributed by atoms with van der Waals surface area (Å²) in [6, 6.07) is 4.33. The maximum Gasteiger partial charge on any atom is 0.417 e. The number of carbonyl (C=O) groups excluding carboxylic acids is 4. The van der Waals surface area contributed by atoms with Gasteiger partial charge in [-0.25, -0.2) is 0 Å². The second kappa shape index (κ2) is 13.0. The van der Waals surface area contributed by atoms with Crippen LogP contribution in [0, 0.1) is 17.8 Å². The largest absolute Gasteiger partial charge is 0.497 e. The minimum absolute atomic E-state index is 0.0940. The smallest absolute Gasteiger partial charge is 0.417 e. The Morgan fingerprint density at radius 1 is 1.10 bits per heavy atom. The number of Topliss-reactive ketones (excluding diaryl/α,β-unsaturated/α-hetero) is 1. The van der Waals surface area contributed by atoms with E-state index in [2.05, 4.69) is 10.6 Å². The number of benzene rings is 1. The number of halogens is 3. The van der Waals surface area contributed by atoms with Gasteiger partial charge in [-0.2, -0.15) is 13.2 Å². The Labute approximate surface area is 242 Å². The molecule has 1 aliphatic heterocycles. The lowest BCUT2D eigenvalue weighted by Gasteiger charge is -2.36. The summed E-state index contributed by atoms with van der Waals surface area (Å²) in [5.41, 5.74) is 1.16. The minimum Gasteiger partial charge on any atom is -0.497 e. The van der Waals surface area contributed by atoms with Gasteiger partial charge in [0.1, 0.15) is 17.4 Å². The van der Waals surface area contributed by atoms with Crippen LogP contribution in [-0.4, -0.2) is 71.8 Å². The molecule has 0 spiro atoms. The lowest BCUT2D eigenvalue weighted by Crippen LogP contribution is -2.59. The summed E-state index contributed by atoms with van der Waals surface area (Å²) >= 11 is 0. The van der Waals surface area contributed by atoms with Crippen molar-refractivity contribution in [3.63, 3.8) is 0 Å². The Bertz CT molecular complexity index is 1150. The number of alkyl halides is 3. The van der Waals surface area contributed by atoms with Crippen molar-refractivity contribution >= 4 is 23.5 Å². The molecule has 5 N–H and O–H groups in total. The minimum atomic E-state index is -5.27. The predicted molar refractivity (Wildman–Crippen MR) is 145 cm³/mol. The Balaban J connectivity index is 1.87. The maximum absolute atomic E-state index is 13.7. The second-order valence-corrected chi connectivity index (χ2v) is 11.8. The third-order valence-electron chi connectivity index (χ3n) is 8.41. The van der Waals surface area contributed by atoms with Crippen molar-refractivity contribution in [2.45, 2.75) is 88.8 Å². The van der Waals surface area contributed by atoms with Crippen molar-refractivity contribution in [1.82, 2.24) is 10.6 Å². The number of hydrogen-bond acceptors (Lipinski definition) is 7. The van der Waals surface area contributed by atoms with Crippen LogP contribution in [0.25, 0.3) is 0 Å². The molecule has 0 aromatic heterocycles. The summed E-state index contributed by atoms with van der Waals surface area (Å²) in [5.74, 6) is -7.01. The summed E-state index contributed by atoms with van der Waals surface area (Å²) in [6.07, 6.45) is -1.11. The van der Waals surface area contributed by atoms with Gasteiger partial charge in [0.2, 0.25) is 17.7 Å². The molecule has 3 rings (SSSR count). The van der Waals surface area contributed by atoms with E-state index < -0.39 is 59.0 Å². The summed E-state index contributed by atoms with van der Waals surface area (Å²) in [7, 11) is 1.48. The quantitative estimate of drug-likeness (QED) is 0.239. The number of aliphatic hydroxyl groups is 1. The number of amides is 3. The lowest BCUT2D eigenvalue weighted by molar-refractivity contribution is -0.272. The molecule has 2 unspecified atom stereocenters. The number of nitrogens with one attached hydrogen (secondary N) is 2. The van der Waals surface area contributed by atoms with E-state index in [9.17, 15) is 37.5 Å². The average Bonchev–Trinajstić information content (AvgIpc) is 3.45. The van der Waals surface area contributed by atoms with E-state index in [-0.39, 0.29) is 24.7 Å². The second-order valence-electron chi connectivity index (χ2n) is 11.8. The van der Waals surface area contributed by atoms with Crippen LogP contribution < -0.4 is 21.1 Å². The summed E-state index contributed by atoms with van der Waals surface area (Å²) in [5, 5.41) is 15.4. The highest BCUT2D eigenvalue weighted by molar-refractivity contribution is 5.98. The van der Waals surface area contributed by atoms with Crippen molar-refractivity contribution in [2.75, 3.05) is 13.7 Å². The van der Waals surface area contributed by atoms with E-state index in [1.807, 2.05) is 0 Å². The molecule has 6 atom stereocenters. The maximum atomic E-state index is 13.7. The first-order valence-corrected chi connectivity index (χ1v) is 14.0. The van der Waals surface area contributed by atoms with Crippen LogP contribution in [0.15, 0.2) is 24.3 Å². The van der Waals surface area contributed by atoms with E-state index in [1.165, 1.54) is 7.11 Å². The number of epoxide rings is 1. The van der Waals surface area contributed by atoms with Crippen LogP contribution in [0.3, 0.4) is 0 Å². The molecule has 1 heterocycles. The Kier molecular flexibility index (Phi) is 10.3.